The van der Waals surface area contributed by atoms with Gasteiger partial charge in [-0.25, -0.2) is 18.1 Å². The highest BCUT2D eigenvalue weighted by molar-refractivity contribution is 7.99. The molecule has 0 saturated carbocycles. The van der Waals surface area contributed by atoms with Gasteiger partial charge in [0.1, 0.15) is 0 Å². The summed E-state index contributed by atoms with van der Waals surface area (Å²) in [5.41, 5.74) is 5.99. The zero-order chi connectivity index (χ0) is 13.9. The molecule has 1 fully saturated rings. The maximum atomic E-state index is 12.1. The van der Waals surface area contributed by atoms with Crippen LogP contribution in [0.5, 0.6) is 0 Å². The lowest BCUT2D eigenvalue weighted by Gasteiger charge is -2.25. The topological polar surface area (TPSA) is 88.3 Å². The number of nitrogen functional groups attached to an aromatic ring is 1. The Labute approximate surface area is 121 Å². The third-order valence-corrected chi connectivity index (χ3v) is 6.84. The van der Waals surface area contributed by atoms with Crippen LogP contribution in [-0.2, 0) is 10.0 Å². The molecule has 2 heterocycles. The quantitative estimate of drug-likeness (QED) is 0.814. The molecule has 0 aliphatic carbocycles. The Kier molecular flexibility index (Phi) is 5.07. The van der Waals surface area contributed by atoms with Gasteiger partial charge in [-0.05, 0) is 6.92 Å². The van der Waals surface area contributed by atoms with E-state index in [1.54, 1.807) is 6.92 Å². The van der Waals surface area contributed by atoms with E-state index in [-0.39, 0.29) is 9.34 Å². The van der Waals surface area contributed by atoms with E-state index in [4.69, 9.17) is 5.73 Å². The van der Waals surface area contributed by atoms with Gasteiger partial charge in [-0.15, -0.1) is 0 Å². The van der Waals surface area contributed by atoms with Crippen molar-refractivity contribution in [2.75, 3.05) is 43.4 Å². The van der Waals surface area contributed by atoms with E-state index in [0.29, 0.717) is 12.2 Å². The monoisotopic (exact) mass is 322 g/mol. The number of nitrogens with zero attached hydrogens (tertiary/aromatic N) is 2. The van der Waals surface area contributed by atoms with Gasteiger partial charge in [-0.3, -0.25) is 0 Å². The van der Waals surface area contributed by atoms with Crippen molar-refractivity contribution >= 4 is 38.3 Å². The third kappa shape index (κ3) is 4.06. The molecule has 1 aliphatic rings. The van der Waals surface area contributed by atoms with E-state index < -0.39 is 10.0 Å². The fourth-order valence-corrected chi connectivity index (χ4v) is 5.22. The average molecular weight is 322 g/mol. The maximum Gasteiger partial charge on any atom is 0.252 e. The van der Waals surface area contributed by atoms with E-state index >= 15 is 0 Å². The number of aryl methyl sites for hydroxylation is 1. The number of thioether (sulfide) groups is 1. The Morgan fingerprint density at radius 1 is 1.42 bits per heavy atom. The molecule has 0 atom stereocenters. The summed E-state index contributed by atoms with van der Waals surface area (Å²) >= 11 is 2.95. The second-order valence-corrected chi connectivity index (χ2v) is 8.49. The zero-order valence-electron chi connectivity index (χ0n) is 10.8. The van der Waals surface area contributed by atoms with Crippen LogP contribution in [0.2, 0.25) is 0 Å². The van der Waals surface area contributed by atoms with Crippen LogP contribution in [0, 0.1) is 6.92 Å². The van der Waals surface area contributed by atoms with E-state index in [2.05, 4.69) is 14.6 Å². The van der Waals surface area contributed by atoms with Gasteiger partial charge in [0, 0.05) is 37.7 Å². The van der Waals surface area contributed by atoms with Gasteiger partial charge in [-0.2, -0.15) is 11.8 Å². The highest BCUT2D eigenvalue weighted by atomic mass is 32.2. The standard InChI is InChI=1S/C10H18N4O2S3/c1-8-9(18-10(11)13-8)19(15,16)12-2-3-14-4-6-17-7-5-14/h12H,2-7H2,1H3,(H2,11,13). The van der Waals surface area contributed by atoms with E-state index in [1.165, 1.54) is 0 Å². The van der Waals surface area contributed by atoms with Crippen LogP contribution in [0.15, 0.2) is 4.21 Å². The number of nitrogens with two attached hydrogens (primary N) is 1. The lowest BCUT2D eigenvalue weighted by molar-refractivity contribution is 0.307. The predicted molar refractivity (Wildman–Crippen MR) is 80.2 cm³/mol. The second kappa shape index (κ2) is 6.40. The summed E-state index contributed by atoms with van der Waals surface area (Å²) in [7, 11) is -3.48. The van der Waals surface area contributed by atoms with Gasteiger partial charge in [-0.1, -0.05) is 11.3 Å². The highest BCUT2D eigenvalue weighted by Gasteiger charge is 2.21. The first kappa shape index (κ1) is 15.0. The van der Waals surface area contributed by atoms with Crippen molar-refractivity contribution < 1.29 is 8.42 Å². The molecule has 3 N–H and O–H groups in total. The Hall–Kier alpha value is -0.350. The van der Waals surface area contributed by atoms with E-state index in [0.717, 1.165) is 42.5 Å². The summed E-state index contributed by atoms with van der Waals surface area (Å²) in [5, 5.41) is 0.283. The Morgan fingerprint density at radius 2 is 2.11 bits per heavy atom. The van der Waals surface area contributed by atoms with Crippen LogP contribution in [-0.4, -0.2) is 56.0 Å². The molecule has 0 bridgehead atoms. The van der Waals surface area contributed by atoms with Gasteiger partial charge >= 0.3 is 0 Å². The predicted octanol–water partition coefficient (Wildman–Crippen LogP) is 0.361. The first-order chi connectivity index (χ1) is 8.99. The molecular weight excluding hydrogens is 304 g/mol. The van der Waals surface area contributed by atoms with Crippen molar-refractivity contribution in [1.29, 1.82) is 0 Å². The molecule has 1 saturated heterocycles. The van der Waals surface area contributed by atoms with Crippen molar-refractivity contribution in [3.05, 3.63) is 5.69 Å². The number of thiazole rings is 1. The van der Waals surface area contributed by atoms with Crippen LogP contribution >= 0.6 is 23.1 Å². The van der Waals surface area contributed by atoms with Crippen LogP contribution in [0.25, 0.3) is 0 Å². The molecule has 108 valence electrons. The van der Waals surface area contributed by atoms with Gasteiger partial charge in [0.2, 0.25) is 0 Å². The first-order valence-corrected chi connectivity index (χ1v) is 9.47. The summed E-state index contributed by atoms with van der Waals surface area (Å²) in [6, 6.07) is 0. The molecule has 1 aromatic rings. The number of sulfonamides is 1. The van der Waals surface area contributed by atoms with Crippen molar-refractivity contribution in [3.8, 4) is 0 Å². The molecule has 9 heteroatoms. The van der Waals surface area contributed by atoms with Crippen molar-refractivity contribution in [2.45, 2.75) is 11.1 Å². The van der Waals surface area contributed by atoms with Gasteiger partial charge in [0.05, 0.1) is 5.69 Å². The minimum absolute atomic E-state index is 0.221. The Morgan fingerprint density at radius 3 is 2.68 bits per heavy atom. The number of hydrogen-bond acceptors (Lipinski definition) is 7. The molecule has 0 radical (unpaired) electrons. The van der Waals surface area contributed by atoms with Crippen molar-refractivity contribution in [3.63, 3.8) is 0 Å². The molecule has 6 nitrogen and oxygen atoms in total. The summed E-state index contributed by atoms with van der Waals surface area (Å²) in [6.07, 6.45) is 0. The van der Waals surface area contributed by atoms with Crippen molar-refractivity contribution in [1.82, 2.24) is 14.6 Å². The summed E-state index contributed by atoms with van der Waals surface area (Å²) in [4.78, 5) is 6.21. The largest absolute Gasteiger partial charge is 0.375 e. The van der Waals surface area contributed by atoms with Crippen LogP contribution in [0.3, 0.4) is 0 Å². The molecular formula is C10H18N4O2S3. The third-order valence-electron chi connectivity index (χ3n) is 2.84. The maximum absolute atomic E-state index is 12.1. The van der Waals surface area contributed by atoms with Gasteiger partial charge < -0.3 is 10.6 Å². The fraction of sp³-hybridized carbons (Fsp3) is 0.700. The van der Waals surface area contributed by atoms with Crippen LogP contribution in [0.1, 0.15) is 5.69 Å². The number of nitrogens with one attached hydrogen (secondary N) is 1. The Balaban J connectivity index is 1.89. The highest BCUT2D eigenvalue weighted by Crippen LogP contribution is 2.24. The summed E-state index contributed by atoms with van der Waals surface area (Å²) in [5.74, 6) is 2.24. The smallest absolute Gasteiger partial charge is 0.252 e. The zero-order valence-corrected chi connectivity index (χ0v) is 13.2. The molecule has 0 amide bonds. The number of rotatable bonds is 5. The normalized spacial score (nSPS) is 17.7. The second-order valence-electron chi connectivity index (χ2n) is 4.28. The van der Waals surface area contributed by atoms with Gasteiger partial charge in [0.25, 0.3) is 10.0 Å². The summed E-state index contributed by atoms with van der Waals surface area (Å²) in [6.45, 7) is 4.87. The molecule has 0 aromatic carbocycles. The number of aromatic nitrogens is 1. The minimum Gasteiger partial charge on any atom is -0.375 e. The fourth-order valence-electron chi connectivity index (χ4n) is 1.88. The van der Waals surface area contributed by atoms with Gasteiger partial charge in [0.15, 0.2) is 9.34 Å². The number of anilines is 1. The van der Waals surface area contributed by atoms with E-state index in [9.17, 15) is 8.42 Å². The molecule has 1 aromatic heterocycles. The molecule has 0 spiro atoms. The lowest BCUT2D eigenvalue weighted by Crippen LogP contribution is -2.39. The van der Waals surface area contributed by atoms with Crippen LogP contribution in [0.4, 0.5) is 5.13 Å². The average Bonchev–Trinajstić information content (AvgIpc) is 2.70. The van der Waals surface area contributed by atoms with Crippen LogP contribution < -0.4 is 10.5 Å². The molecule has 2 rings (SSSR count). The minimum atomic E-state index is -3.48. The van der Waals surface area contributed by atoms with Crippen molar-refractivity contribution in [2.24, 2.45) is 0 Å². The number of hydrogen-bond donors (Lipinski definition) is 2. The molecule has 19 heavy (non-hydrogen) atoms. The Bertz CT molecular complexity index is 523. The lowest BCUT2D eigenvalue weighted by atomic mass is 10.5. The molecule has 0 unspecified atom stereocenters. The molecule has 1 aliphatic heterocycles. The summed E-state index contributed by atoms with van der Waals surface area (Å²) < 4.78 is 27.0. The first-order valence-electron chi connectivity index (χ1n) is 6.02. The van der Waals surface area contributed by atoms with E-state index in [1.807, 2.05) is 11.8 Å². The SMILES string of the molecule is Cc1nc(N)sc1S(=O)(=O)NCCN1CCSCC1.